The molecule has 2 aromatic heterocycles. The third-order valence-corrected chi connectivity index (χ3v) is 4.87. The predicted octanol–water partition coefficient (Wildman–Crippen LogP) is 4.25. The fraction of sp³-hybridized carbons (Fsp3) is 0.235. The Bertz CT molecular complexity index is 960. The zero-order valence-corrected chi connectivity index (χ0v) is 15.2. The van der Waals surface area contributed by atoms with Crippen LogP contribution in [-0.4, -0.2) is 20.7 Å². The first-order valence-corrected chi connectivity index (χ1v) is 8.78. The van der Waals surface area contributed by atoms with Crippen LogP contribution in [0, 0.1) is 11.6 Å². The SMILES string of the molecule is Cn1nc(C(F)(F)F)cc1C1=CCCC=C(NC(=O)c2c(F)cncc2F)S1. The molecular formula is C17H13F5N4OS. The maximum Gasteiger partial charge on any atom is 0.435 e. The summed E-state index contributed by atoms with van der Waals surface area (Å²) in [5.74, 6) is -3.25. The van der Waals surface area contributed by atoms with E-state index in [0.29, 0.717) is 30.1 Å². The summed E-state index contributed by atoms with van der Waals surface area (Å²) in [6.07, 6.45) is 1.17. The van der Waals surface area contributed by atoms with Gasteiger partial charge in [0.1, 0.15) is 5.56 Å². The summed E-state index contributed by atoms with van der Waals surface area (Å²) in [6, 6.07) is 0.909. The minimum Gasteiger partial charge on any atom is -0.316 e. The summed E-state index contributed by atoms with van der Waals surface area (Å²) in [7, 11) is 1.38. The highest BCUT2D eigenvalue weighted by atomic mass is 32.2. The van der Waals surface area contributed by atoms with Crippen LogP contribution in [0.1, 0.15) is 34.6 Å². The largest absolute Gasteiger partial charge is 0.435 e. The number of nitrogens with zero attached hydrogens (tertiary/aromatic N) is 3. The van der Waals surface area contributed by atoms with Crippen LogP contribution in [-0.2, 0) is 13.2 Å². The number of aromatic nitrogens is 3. The van der Waals surface area contributed by atoms with E-state index in [1.807, 2.05) is 0 Å². The average molecular weight is 416 g/mol. The molecule has 0 saturated carbocycles. The lowest BCUT2D eigenvalue weighted by atomic mass is 10.2. The molecule has 0 bridgehead atoms. The topological polar surface area (TPSA) is 59.8 Å². The van der Waals surface area contributed by atoms with E-state index >= 15 is 0 Å². The van der Waals surface area contributed by atoms with Crippen molar-refractivity contribution in [3.8, 4) is 0 Å². The molecule has 1 aliphatic heterocycles. The number of hydrogen-bond acceptors (Lipinski definition) is 4. The first kappa shape index (κ1) is 20.1. The monoisotopic (exact) mass is 416 g/mol. The van der Waals surface area contributed by atoms with Crippen molar-refractivity contribution in [1.82, 2.24) is 20.1 Å². The van der Waals surface area contributed by atoms with E-state index in [2.05, 4.69) is 15.4 Å². The van der Waals surface area contributed by atoms with Crippen molar-refractivity contribution < 1.29 is 26.7 Å². The van der Waals surface area contributed by atoms with Gasteiger partial charge in [0.15, 0.2) is 17.3 Å². The number of thioether (sulfide) groups is 1. The molecular weight excluding hydrogens is 403 g/mol. The number of carbonyl (C=O) groups excluding carboxylic acids is 1. The minimum atomic E-state index is -4.59. The Morgan fingerprint density at radius 1 is 1.18 bits per heavy atom. The van der Waals surface area contributed by atoms with Gasteiger partial charge in [-0.2, -0.15) is 18.3 Å². The van der Waals surface area contributed by atoms with Crippen molar-refractivity contribution in [2.24, 2.45) is 7.05 Å². The molecule has 0 atom stereocenters. The molecule has 0 aliphatic carbocycles. The van der Waals surface area contributed by atoms with Crippen LogP contribution in [0.2, 0.25) is 0 Å². The lowest BCUT2D eigenvalue weighted by Crippen LogP contribution is -2.24. The summed E-state index contributed by atoms with van der Waals surface area (Å²) >= 11 is 0.980. The summed E-state index contributed by atoms with van der Waals surface area (Å²) in [5, 5.41) is 6.12. The summed E-state index contributed by atoms with van der Waals surface area (Å²) in [6.45, 7) is 0. The molecule has 1 amide bonds. The van der Waals surface area contributed by atoms with Crippen molar-refractivity contribution in [1.29, 1.82) is 0 Å². The maximum absolute atomic E-state index is 13.7. The molecule has 0 spiro atoms. The molecule has 11 heteroatoms. The quantitative estimate of drug-likeness (QED) is 0.760. The number of rotatable bonds is 3. The van der Waals surface area contributed by atoms with Gasteiger partial charge in [-0.1, -0.05) is 23.9 Å². The number of allylic oxidation sites excluding steroid dienone is 2. The molecule has 0 saturated heterocycles. The normalized spacial score (nSPS) is 14.9. The summed E-state index contributed by atoms with van der Waals surface area (Å²) in [4.78, 5) is 16.0. The number of nitrogens with one attached hydrogen (secondary N) is 1. The molecule has 148 valence electrons. The number of halogens is 5. The molecule has 3 rings (SSSR count). The third-order valence-electron chi connectivity index (χ3n) is 3.79. The number of carbonyl (C=O) groups is 1. The zero-order chi connectivity index (χ0) is 20.5. The molecule has 3 heterocycles. The Morgan fingerprint density at radius 2 is 1.82 bits per heavy atom. The first-order valence-electron chi connectivity index (χ1n) is 7.97. The fourth-order valence-electron chi connectivity index (χ4n) is 2.50. The van der Waals surface area contributed by atoms with Crippen LogP contribution >= 0.6 is 11.8 Å². The second kappa shape index (κ2) is 7.74. The molecule has 0 unspecified atom stereocenters. The van der Waals surface area contributed by atoms with Gasteiger partial charge in [-0.25, -0.2) is 8.78 Å². The van der Waals surface area contributed by atoms with Gasteiger partial charge < -0.3 is 5.32 Å². The zero-order valence-electron chi connectivity index (χ0n) is 14.3. The first-order chi connectivity index (χ1) is 13.2. The van der Waals surface area contributed by atoms with Gasteiger partial charge in [0.25, 0.3) is 5.91 Å². The number of hydrogen-bond donors (Lipinski definition) is 1. The smallest absolute Gasteiger partial charge is 0.316 e. The number of aryl methyl sites for hydroxylation is 1. The van der Waals surface area contributed by atoms with E-state index in [0.717, 1.165) is 22.5 Å². The van der Waals surface area contributed by atoms with Gasteiger partial charge >= 0.3 is 6.18 Å². The lowest BCUT2D eigenvalue weighted by Gasteiger charge is -2.11. The van der Waals surface area contributed by atoms with Crippen LogP contribution < -0.4 is 5.32 Å². The molecule has 2 aromatic rings. The minimum absolute atomic E-state index is 0.209. The van der Waals surface area contributed by atoms with Crippen LogP contribution in [0.4, 0.5) is 22.0 Å². The molecule has 1 N–H and O–H groups in total. The standard InChI is InChI=1S/C17H13F5N4OS/c1-26-11(6-13(25-26)17(20,21)22)12-4-2-3-5-14(28-12)24-16(27)15-9(18)7-23-8-10(15)19/h4-8H,2-3H2,1H3,(H,24,27). The molecule has 0 radical (unpaired) electrons. The van der Waals surface area contributed by atoms with Gasteiger partial charge in [-0.3, -0.25) is 14.5 Å². The second-order valence-electron chi connectivity index (χ2n) is 5.78. The van der Waals surface area contributed by atoms with Gasteiger partial charge in [0.2, 0.25) is 0 Å². The highest BCUT2D eigenvalue weighted by molar-refractivity contribution is 8.11. The van der Waals surface area contributed by atoms with E-state index in [1.54, 1.807) is 12.2 Å². The lowest BCUT2D eigenvalue weighted by molar-refractivity contribution is -0.141. The number of amides is 1. The van der Waals surface area contributed by atoms with E-state index < -0.39 is 35.0 Å². The van der Waals surface area contributed by atoms with Crippen molar-refractivity contribution in [3.05, 3.63) is 64.2 Å². The van der Waals surface area contributed by atoms with Gasteiger partial charge in [0, 0.05) is 12.0 Å². The Kier molecular flexibility index (Phi) is 5.54. The van der Waals surface area contributed by atoms with Crippen molar-refractivity contribution in [2.75, 3.05) is 0 Å². The van der Waals surface area contributed by atoms with Gasteiger partial charge in [-0.05, 0) is 18.9 Å². The van der Waals surface area contributed by atoms with E-state index in [-0.39, 0.29) is 10.7 Å². The van der Waals surface area contributed by atoms with Crippen molar-refractivity contribution in [3.63, 3.8) is 0 Å². The highest BCUT2D eigenvalue weighted by Gasteiger charge is 2.35. The molecule has 1 aliphatic rings. The van der Waals surface area contributed by atoms with Crippen LogP contribution in [0.15, 0.2) is 35.6 Å². The predicted molar refractivity (Wildman–Crippen MR) is 92.7 cm³/mol. The molecule has 5 nitrogen and oxygen atoms in total. The fourth-order valence-corrected chi connectivity index (χ4v) is 3.58. The van der Waals surface area contributed by atoms with E-state index in [4.69, 9.17) is 0 Å². The second-order valence-corrected chi connectivity index (χ2v) is 6.87. The average Bonchev–Trinajstić information content (AvgIpc) is 2.85. The van der Waals surface area contributed by atoms with Crippen molar-refractivity contribution >= 4 is 22.6 Å². The third kappa shape index (κ3) is 4.24. The Morgan fingerprint density at radius 3 is 2.43 bits per heavy atom. The number of pyridine rings is 1. The summed E-state index contributed by atoms with van der Waals surface area (Å²) in [5.41, 5.74) is -1.61. The van der Waals surface area contributed by atoms with Crippen LogP contribution in [0.25, 0.3) is 4.91 Å². The Hall–Kier alpha value is -2.69. The maximum atomic E-state index is 13.7. The molecule has 28 heavy (non-hydrogen) atoms. The Balaban J connectivity index is 1.83. The molecule has 0 aromatic carbocycles. The highest BCUT2D eigenvalue weighted by Crippen LogP contribution is 2.38. The van der Waals surface area contributed by atoms with Crippen LogP contribution in [0.5, 0.6) is 0 Å². The van der Waals surface area contributed by atoms with Crippen LogP contribution in [0.3, 0.4) is 0 Å². The Labute approximate surface area is 160 Å². The molecule has 0 fully saturated rings. The van der Waals surface area contributed by atoms with E-state index in [9.17, 15) is 26.7 Å². The number of alkyl halides is 3. The van der Waals surface area contributed by atoms with Gasteiger partial charge in [0.05, 0.1) is 23.1 Å². The van der Waals surface area contributed by atoms with Gasteiger partial charge in [-0.15, -0.1) is 0 Å². The summed E-state index contributed by atoms with van der Waals surface area (Å²) < 4.78 is 67.2. The van der Waals surface area contributed by atoms with Crippen molar-refractivity contribution in [2.45, 2.75) is 19.0 Å². The van der Waals surface area contributed by atoms with E-state index in [1.165, 1.54) is 7.05 Å².